The summed E-state index contributed by atoms with van der Waals surface area (Å²) in [6.07, 6.45) is 33.7. The molecule has 0 amide bonds. The monoisotopic (exact) mass is 520 g/mol. The number of allylic oxidation sites excluding steroid dienone is 4. The van der Waals surface area contributed by atoms with Crippen LogP contribution in [-0.2, 0) is 19.1 Å². The van der Waals surface area contributed by atoms with Crippen molar-refractivity contribution in [1.82, 2.24) is 0 Å². The summed E-state index contributed by atoms with van der Waals surface area (Å²) in [6.45, 7) is 4.47. The minimum Gasteiger partial charge on any atom is -0.468 e. The third-order valence-corrected chi connectivity index (χ3v) is 7.41. The van der Waals surface area contributed by atoms with Crippen LogP contribution in [0.3, 0.4) is 0 Å². The summed E-state index contributed by atoms with van der Waals surface area (Å²) in [5.74, 6) is -0.852. The van der Waals surface area contributed by atoms with E-state index in [9.17, 15) is 9.59 Å². The maximum absolute atomic E-state index is 12.7. The number of methoxy groups -OCH3 is 2. The number of hydrogen-bond acceptors (Lipinski definition) is 4. The molecule has 0 spiro atoms. The van der Waals surface area contributed by atoms with Crippen LogP contribution in [0.2, 0.25) is 0 Å². The smallest absolute Gasteiger partial charge is 0.323 e. The normalized spacial score (nSPS) is 12.0. The van der Waals surface area contributed by atoms with E-state index in [0.717, 1.165) is 51.4 Å². The number of esters is 2. The first-order valence-electron chi connectivity index (χ1n) is 15.6. The predicted molar refractivity (Wildman–Crippen MR) is 158 cm³/mol. The molecule has 0 aromatic heterocycles. The molecule has 0 N–H and O–H groups in total. The summed E-state index contributed by atoms with van der Waals surface area (Å²) in [4.78, 5) is 25.5. The molecule has 0 radical (unpaired) electrons. The van der Waals surface area contributed by atoms with Gasteiger partial charge in [-0.25, -0.2) is 0 Å². The third-order valence-electron chi connectivity index (χ3n) is 7.41. The highest BCUT2D eigenvalue weighted by Gasteiger charge is 2.47. The standard InChI is InChI=1S/C33H60O4/c1-5-7-9-11-13-15-16-17-18-19-20-21-22-24-26-28-30-33(31(34)36-3,32(35)37-4)29-27-25-23-14-12-10-8-6-2/h13,15,17-18H,5-12,14,16,19-30H2,1-4H3/b15-13-,18-17-. The Kier molecular flexibility index (Phi) is 24.9. The molecule has 0 rings (SSSR count). The highest BCUT2D eigenvalue weighted by Crippen LogP contribution is 2.35. The Morgan fingerprint density at radius 1 is 0.514 bits per heavy atom. The van der Waals surface area contributed by atoms with Gasteiger partial charge in [0.2, 0.25) is 0 Å². The first kappa shape index (κ1) is 35.4. The minimum atomic E-state index is -1.14. The van der Waals surface area contributed by atoms with Gasteiger partial charge in [0, 0.05) is 0 Å². The van der Waals surface area contributed by atoms with Crippen LogP contribution in [0, 0.1) is 5.41 Å². The molecule has 0 atom stereocenters. The van der Waals surface area contributed by atoms with Crippen LogP contribution in [0.25, 0.3) is 0 Å². The zero-order valence-corrected chi connectivity index (χ0v) is 25.0. The zero-order valence-electron chi connectivity index (χ0n) is 25.0. The van der Waals surface area contributed by atoms with Gasteiger partial charge in [-0.2, -0.15) is 0 Å². The van der Waals surface area contributed by atoms with Crippen molar-refractivity contribution < 1.29 is 19.1 Å². The summed E-state index contributed by atoms with van der Waals surface area (Å²) in [6, 6.07) is 0. The lowest BCUT2D eigenvalue weighted by Crippen LogP contribution is -2.41. The second kappa shape index (κ2) is 26.0. The number of rotatable bonds is 26. The Morgan fingerprint density at radius 3 is 1.30 bits per heavy atom. The molecule has 0 bridgehead atoms. The van der Waals surface area contributed by atoms with E-state index in [4.69, 9.17) is 9.47 Å². The lowest BCUT2D eigenvalue weighted by Gasteiger charge is -2.28. The lowest BCUT2D eigenvalue weighted by atomic mass is 9.77. The van der Waals surface area contributed by atoms with Gasteiger partial charge in [0.1, 0.15) is 0 Å². The van der Waals surface area contributed by atoms with Crippen molar-refractivity contribution >= 4 is 11.9 Å². The molecule has 0 fully saturated rings. The van der Waals surface area contributed by atoms with Crippen molar-refractivity contribution in [3.05, 3.63) is 24.3 Å². The van der Waals surface area contributed by atoms with Gasteiger partial charge in [0.25, 0.3) is 0 Å². The van der Waals surface area contributed by atoms with Crippen molar-refractivity contribution in [3.63, 3.8) is 0 Å². The minimum absolute atomic E-state index is 0.426. The zero-order chi connectivity index (χ0) is 27.5. The van der Waals surface area contributed by atoms with E-state index in [1.807, 2.05) is 0 Å². The van der Waals surface area contributed by atoms with Crippen LogP contribution >= 0.6 is 0 Å². The Labute approximate surface area is 230 Å². The van der Waals surface area contributed by atoms with Gasteiger partial charge < -0.3 is 9.47 Å². The molecule has 0 heterocycles. The number of hydrogen-bond donors (Lipinski definition) is 0. The average molecular weight is 521 g/mol. The molecule has 4 heteroatoms. The summed E-state index contributed by atoms with van der Waals surface area (Å²) in [5.41, 5.74) is -1.14. The van der Waals surface area contributed by atoms with E-state index in [1.54, 1.807) is 0 Å². The fourth-order valence-corrected chi connectivity index (χ4v) is 4.98. The highest BCUT2D eigenvalue weighted by atomic mass is 16.5. The summed E-state index contributed by atoms with van der Waals surface area (Å²) >= 11 is 0. The summed E-state index contributed by atoms with van der Waals surface area (Å²) in [5, 5.41) is 0. The molecule has 37 heavy (non-hydrogen) atoms. The fraction of sp³-hybridized carbons (Fsp3) is 0.818. The van der Waals surface area contributed by atoms with Gasteiger partial charge in [0.15, 0.2) is 5.41 Å². The first-order valence-corrected chi connectivity index (χ1v) is 15.6. The van der Waals surface area contributed by atoms with Crippen molar-refractivity contribution in [2.75, 3.05) is 14.2 Å². The van der Waals surface area contributed by atoms with Gasteiger partial charge in [0.05, 0.1) is 14.2 Å². The molecule has 0 aliphatic carbocycles. The van der Waals surface area contributed by atoms with Gasteiger partial charge in [-0.15, -0.1) is 0 Å². The Bertz CT molecular complexity index is 577. The Balaban J connectivity index is 4.20. The van der Waals surface area contributed by atoms with E-state index in [1.165, 1.54) is 91.3 Å². The average Bonchev–Trinajstić information content (AvgIpc) is 2.92. The number of unbranched alkanes of at least 4 members (excludes halogenated alkanes) is 16. The van der Waals surface area contributed by atoms with Gasteiger partial charge >= 0.3 is 11.9 Å². The molecule has 0 unspecified atom stereocenters. The molecule has 0 aliphatic heterocycles. The number of ether oxygens (including phenoxy) is 2. The highest BCUT2D eigenvalue weighted by molar-refractivity contribution is 5.99. The molecule has 4 nitrogen and oxygen atoms in total. The van der Waals surface area contributed by atoms with Crippen LogP contribution < -0.4 is 0 Å². The molecule has 216 valence electrons. The maximum atomic E-state index is 12.7. The SMILES string of the molecule is CCCCC/C=C\C/C=C\CCCCCCCCC(CCCCCCCCCC)(C(=O)OC)C(=O)OC. The molecular weight excluding hydrogens is 460 g/mol. The predicted octanol–water partition coefficient (Wildman–Crippen LogP) is 10.1. The second-order valence-electron chi connectivity index (χ2n) is 10.6. The molecule has 0 aromatic carbocycles. The van der Waals surface area contributed by atoms with E-state index in [0.29, 0.717) is 12.8 Å². The van der Waals surface area contributed by atoms with Gasteiger partial charge in [-0.3, -0.25) is 9.59 Å². The van der Waals surface area contributed by atoms with Crippen molar-refractivity contribution in [2.24, 2.45) is 5.41 Å². The van der Waals surface area contributed by atoms with Crippen LogP contribution in [0.5, 0.6) is 0 Å². The number of carbonyl (C=O) groups excluding carboxylic acids is 2. The molecule has 0 saturated carbocycles. The lowest BCUT2D eigenvalue weighted by molar-refractivity contribution is -0.170. The van der Waals surface area contributed by atoms with Crippen LogP contribution in [0.15, 0.2) is 24.3 Å². The Morgan fingerprint density at radius 2 is 0.865 bits per heavy atom. The van der Waals surface area contributed by atoms with Crippen LogP contribution in [0.1, 0.15) is 155 Å². The summed E-state index contributed by atoms with van der Waals surface area (Å²) < 4.78 is 10.2. The molecule has 0 aliphatic rings. The van der Waals surface area contributed by atoms with E-state index >= 15 is 0 Å². The van der Waals surface area contributed by atoms with E-state index < -0.39 is 17.4 Å². The largest absolute Gasteiger partial charge is 0.468 e. The summed E-state index contributed by atoms with van der Waals surface area (Å²) in [7, 11) is 2.76. The third kappa shape index (κ3) is 18.3. The Hall–Kier alpha value is -1.58. The van der Waals surface area contributed by atoms with Gasteiger partial charge in [-0.05, 0) is 44.9 Å². The quantitative estimate of drug-likeness (QED) is 0.0492. The molecular formula is C33H60O4. The fourth-order valence-electron chi connectivity index (χ4n) is 4.98. The topological polar surface area (TPSA) is 52.6 Å². The van der Waals surface area contributed by atoms with Crippen LogP contribution in [0.4, 0.5) is 0 Å². The maximum Gasteiger partial charge on any atom is 0.323 e. The van der Waals surface area contributed by atoms with Crippen molar-refractivity contribution in [1.29, 1.82) is 0 Å². The first-order chi connectivity index (χ1) is 18.1. The number of carbonyl (C=O) groups is 2. The molecule has 0 saturated heterocycles. The van der Waals surface area contributed by atoms with Gasteiger partial charge in [-0.1, -0.05) is 134 Å². The molecule has 0 aromatic rings. The van der Waals surface area contributed by atoms with Crippen molar-refractivity contribution in [3.8, 4) is 0 Å². The van der Waals surface area contributed by atoms with E-state index in [2.05, 4.69) is 38.2 Å². The second-order valence-corrected chi connectivity index (χ2v) is 10.6. The van der Waals surface area contributed by atoms with Crippen molar-refractivity contribution in [2.45, 2.75) is 155 Å². The van der Waals surface area contributed by atoms with Crippen LogP contribution in [-0.4, -0.2) is 26.2 Å². The van der Waals surface area contributed by atoms with E-state index in [-0.39, 0.29) is 0 Å².